The van der Waals surface area contributed by atoms with Crippen molar-refractivity contribution >= 4 is 28.9 Å². The molecule has 0 unspecified atom stereocenters. The van der Waals surface area contributed by atoms with Crippen LogP contribution in [0, 0.1) is 5.41 Å². The lowest BCUT2D eigenvalue weighted by atomic mass is 10.0. The summed E-state index contributed by atoms with van der Waals surface area (Å²) in [6.07, 6.45) is 4.87. The van der Waals surface area contributed by atoms with Gasteiger partial charge in [0.15, 0.2) is 0 Å². The summed E-state index contributed by atoms with van der Waals surface area (Å²) in [5.41, 5.74) is 1.58. The predicted molar refractivity (Wildman–Crippen MR) is 114 cm³/mol. The van der Waals surface area contributed by atoms with Crippen LogP contribution < -0.4 is 20.3 Å². The van der Waals surface area contributed by atoms with Crippen molar-refractivity contribution in [1.82, 2.24) is 0 Å². The SMILES string of the molecule is COc1ccc(NC(=O)C2(C(=O)Nc3ccc(N4CCCCC4)cc3)CC2)cc1. The van der Waals surface area contributed by atoms with Crippen LogP contribution in [0.3, 0.4) is 0 Å². The van der Waals surface area contributed by atoms with Crippen LogP contribution in [-0.2, 0) is 9.59 Å². The molecule has 4 rings (SSSR count). The number of methoxy groups -OCH3 is 1. The summed E-state index contributed by atoms with van der Waals surface area (Å²) in [6, 6.07) is 15.0. The summed E-state index contributed by atoms with van der Waals surface area (Å²) >= 11 is 0. The number of benzene rings is 2. The summed E-state index contributed by atoms with van der Waals surface area (Å²) in [5.74, 6) is 0.217. The average molecular weight is 393 g/mol. The zero-order valence-electron chi connectivity index (χ0n) is 16.7. The fourth-order valence-electron chi connectivity index (χ4n) is 3.77. The lowest BCUT2D eigenvalue weighted by Crippen LogP contribution is -2.35. The molecule has 6 nitrogen and oxygen atoms in total. The highest BCUT2D eigenvalue weighted by Gasteiger charge is 2.56. The molecule has 152 valence electrons. The van der Waals surface area contributed by atoms with Gasteiger partial charge in [-0.25, -0.2) is 0 Å². The molecule has 2 fully saturated rings. The van der Waals surface area contributed by atoms with Gasteiger partial charge in [0.2, 0.25) is 11.8 Å². The quantitative estimate of drug-likeness (QED) is 0.727. The number of carbonyl (C=O) groups is 2. The van der Waals surface area contributed by atoms with Gasteiger partial charge in [0.1, 0.15) is 11.2 Å². The highest BCUT2D eigenvalue weighted by Crippen LogP contribution is 2.47. The number of nitrogens with zero attached hydrogens (tertiary/aromatic N) is 1. The highest BCUT2D eigenvalue weighted by atomic mass is 16.5. The Morgan fingerprint density at radius 3 is 1.83 bits per heavy atom. The third-order valence-corrected chi connectivity index (χ3v) is 5.81. The maximum Gasteiger partial charge on any atom is 0.240 e. The fraction of sp³-hybridized carbons (Fsp3) is 0.391. The molecule has 1 heterocycles. The van der Waals surface area contributed by atoms with Crippen LogP contribution in [-0.4, -0.2) is 32.0 Å². The molecular formula is C23H27N3O3. The van der Waals surface area contributed by atoms with Gasteiger partial charge in [-0.05, 0) is 80.6 Å². The van der Waals surface area contributed by atoms with Gasteiger partial charge in [-0.1, -0.05) is 0 Å². The van der Waals surface area contributed by atoms with Gasteiger partial charge in [0, 0.05) is 30.2 Å². The topological polar surface area (TPSA) is 70.7 Å². The van der Waals surface area contributed by atoms with Crippen molar-refractivity contribution in [2.75, 3.05) is 35.7 Å². The molecule has 0 aromatic heterocycles. The summed E-state index contributed by atoms with van der Waals surface area (Å²) in [7, 11) is 1.59. The van der Waals surface area contributed by atoms with Crippen molar-refractivity contribution in [1.29, 1.82) is 0 Å². The molecule has 0 bridgehead atoms. The molecule has 0 atom stereocenters. The Bertz CT molecular complexity index is 867. The molecule has 2 N–H and O–H groups in total. The van der Waals surface area contributed by atoms with Gasteiger partial charge in [-0.15, -0.1) is 0 Å². The lowest BCUT2D eigenvalue weighted by Gasteiger charge is -2.28. The van der Waals surface area contributed by atoms with Gasteiger partial charge in [0.25, 0.3) is 0 Å². The Hall–Kier alpha value is -3.02. The first-order valence-electron chi connectivity index (χ1n) is 10.2. The molecule has 0 spiro atoms. The number of rotatable bonds is 6. The molecule has 2 aliphatic rings. The number of hydrogen-bond donors (Lipinski definition) is 2. The monoisotopic (exact) mass is 393 g/mol. The van der Waals surface area contributed by atoms with E-state index >= 15 is 0 Å². The molecular weight excluding hydrogens is 366 g/mol. The number of carbonyl (C=O) groups excluding carboxylic acids is 2. The molecule has 2 aromatic rings. The normalized spacial score (nSPS) is 17.3. The van der Waals surface area contributed by atoms with Crippen molar-refractivity contribution in [3.05, 3.63) is 48.5 Å². The largest absolute Gasteiger partial charge is 0.497 e. The predicted octanol–water partition coefficient (Wildman–Crippen LogP) is 4.04. The Labute approximate surface area is 171 Å². The van der Waals surface area contributed by atoms with E-state index in [0.717, 1.165) is 24.5 Å². The van der Waals surface area contributed by atoms with E-state index < -0.39 is 5.41 Å². The molecule has 1 saturated heterocycles. The van der Waals surface area contributed by atoms with Crippen LogP contribution >= 0.6 is 0 Å². The number of piperidine rings is 1. The van der Waals surface area contributed by atoms with Crippen LogP contribution in [0.5, 0.6) is 5.75 Å². The minimum absolute atomic E-state index is 0.241. The van der Waals surface area contributed by atoms with E-state index in [1.165, 1.54) is 24.9 Å². The van der Waals surface area contributed by atoms with Crippen LogP contribution in [0.2, 0.25) is 0 Å². The van der Waals surface area contributed by atoms with Gasteiger partial charge in [-0.3, -0.25) is 9.59 Å². The molecule has 6 heteroatoms. The summed E-state index contributed by atoms with van der Waals surface area (Å²) in [6.45, 7) is 2.17. The Balaban J connectivity index is 1.37. The number of anilines is 3. The molecule has 29 heavy (non-hydrogen) atoms. The Kier molecular flexibility index (Phi) is 5.43. The van der Waals surface area contributed by atoms with E-state index in [1.54, 1.807) is 31.4 Å². The minimum atomic E-state index is -0.981. The van der Waals surface area contributed by atoms with Crippen molar-refractivity contribution < 1.29 is 14.3 Å². The van der Waals surface area contributed by atoms with Gasteiger partial charge in [-0.2, -0.15) is 0 Å². The number of ether oxygens (including phenoxy) is 1. The van der Waals surface area contributed by atoms with E-state index in [1.807, 2.05) is 24.3 Å². The second-order valence-corrected chi connectivity index (χ2v) is 7.81. The second kappa shape index (κ2) is 8.15. The first-order chi connectivity index (χ1) is 14.1. The van der Waals surface area contributed by atoms with E-state index in [2.05, 4.69) is 15.5 Å². The molecule has 2 amide bonds. The van der Waals surface area contributed by atoms with Crippen molar-refractivity contribution in [2.24, 2.45) is 5.41 Å². The molecule has 1 aliphatic heterocycles. The third-order valence-electron chi connectivity index (χ3n) is 5.81. The first kappa shape index (κ1) is 19.3. The van der Waals surface area contributed by atoms with Gasteiger partial charge < -0.3 is 20.3 Å². The van der Waals surface area contributed by atoms with Crippen molar-refractivity contribution in [2.45, 2.75) is 32.1 Å². The van der Waals surface area contributed by atoms with Crippen LogP contribution in [0.4, 0.5) is 17.1 Å². The Morgan fingerprint density at radius 2 is 1.34 bits per heavy atom. The van der Waals surface area contributed by atoms with Crippen molar-refractivity contribution in [3.63, 3.8) is 0 Å². The van der Waals surface area contributed by atoms with Crippen LogP contribution in [0.15, 0.2) is 48.5 Å². The van der Waals surface area contributed by atoms with E-state index in [-0.39, 0.29) is 11.8 Å². The molecule has 0 radical (unpaired) electrons. The van der Waals surface area contributed by atoms with Gasteiger partial charge >= 0.3 is 0 Å². The van der Waals surface area contributed by atoms with E-state index in [4.69, 9.17) is 4.74 Å². The lowest BCUT2D eigenvalue weighted by molar-refractivity contribution is -0.131. The number of nitrogens with one attached hydrogen (secondary N) is 2. The van der Waals surface area contributed by atoms with Crippen LogP contribution in [0.25, 0.3) is 0 Å². The number of hydrogen-bond acceptors (Lipinski definition) is 4. The van der Waals surface area contributed by atoms with E-state index in [9.17, 15) is 9.59 Å². The zero-order chi connectivity index (χ0) is 20.3. The summed E-state index contributed by atoms with van der Waals surface area (Å²) in [4.78, 5) is 27.9. The minimum Gasteiger partial charge on any atom is -0.497 e. The molecule has 1 aliphatic carbocycles. The number of amides is 2. The van der Waals surface area contributed by atoms with Crippen LogP contribution in [0.1, 0.15) is 32.1 Å². The van der Waals surface area contributed by atoms with Crippen molar-refractivity contribution in [3.8, 4) is 5.75 Å². The third kappa shape index (κ3) is 4.21. The first-order valence-corrected chi connectivity index (χ1v) is 10.2. The Morgan fingerprint density at radius 1 is 0.828 bits per heavy atom. The standard InChI is InChI=1S/C23H27N3O3/c1-29-20-11-7-18(8-12-20)25-22(28)23(13-14-23)21(27)24-17-5-9-19(10-6-17)26-15-3-2-4-16-26/h5-12H,2-4,13-16H2,1H3,(H,24,27)(H,25,28). The molecule has 1 saturated carbocycles. The maximum atomic E-state index is 12.8. The highest BCUT2D eigenvalue weighted by molar-refractivity contribution is 6.16. The summed E-state index contributed by atoms with van der Waals surface area (Å²) in [5, 5.41) is 5.77. The fourth-order valence-corrected chi connectivity index (χ4v) is 3.77. The second-order valence-electron chi connectivity index (χ2n) is 7.81. The average Bonchev–Trinajstić information content (AvgIpc) is 3.58. The summed E-state index contributed by atoms with van der Waals surface area (Å²) < 4.78 is 5.13. The zero-order valence-corrected chi connectivity index (χ0v) is 16.7. The maximum absolute atomic E-state index is 12.8. The molecule has 2 aromatic carbocycles. The van der Waals surface area contributed by atoms with E-state index in [0.29, 0.717) is 18.5 Å². The van der Waals surface area contributed by atoms with Gasteiger partial charge in [0.05, 0.1) is 7.11 Å². The smallest absolute Gasteiger partial charge is 0.240 e.